The summed E-state index contributed by atoms with van der Waals surface area (Å²) in [7, 11) is 1.64. The molecule has 4 heteroatoms. The number of piperazine rings is 1. The third-order valence-corrected chi connectivity index (χ3v) is 3.52. The fourth-order valence-corrected chi connectivity index (χ4v) is 2.36. The van der Waals surface area contributed by atoms with Gasteiger partial charge in [0.15, 0.2) is 0 Å². The average molecular weight is 242 g/mol. The second-order valence-electron chi connectivity index (χ2n) is 4.80. The highest BCUT2D eigenvalue weighted by Gasteiger charge is 2.23. The summed E-state index contributed by atoms with van der Waals surface area (Å²) in [6.07, 6.45) is 2.99. The Bertz CT molecular complexity index is 225. The van der Waals surface area contributed by atoms with E-state index in [1.807, 2.05) is 4.90 Å². The summed E-state index contributed by atoms with van der Waals surface area (Å²) >= 11 is 0. The van der Waals surface area contributed by atoms with Crippen LogP contribution in [0.2, 0.25) is 0 Å². The highest BCUT2D eigenvalue weighted by molar-refractivity contribution is 5.76. The summed E-state index contributed by atoms with van der Waals surface area (Å²) in [5.74, 6) is 0.231. The third-order valence-electron chi connectivity index (χ3n) is 3.52. The van der Waals surface area contributed by atoms with Gasteiger partial charge in [-0.25, -0.2) is 0 Å². The molecule has 1 saturated heterocycles. The van der Waals surface area contributed by atoms with Crippen molar-refractivity contribution in [2.24, 2.45) is 0 Å². The number of nitrogens with zero attached hydrogens (tertiary/aromatic N) is 2. The number of hydrogen-bond donors (Lipinski definition) is 0. The van der Waals surface area contributed by atoms with Gasteiger partial charge in [0.25, 0.3) is 0 Å². The van der Waals surface area contributed by atoms with Gasteiger partial charge in [-0.05, 0) is 13.3 Å². The average Bonchev–Trinajstić information content (AvgIpc) is 2.36. The van der Waals surface area contributed by atoms with Crippen LogP contribution in [0.5, 0.6) is 0 Å². The van der Waals surface area contributed by atoms with Gasteiger partial charge in [0, 0.05) is 39.3 Å². The Morgan fingerprint density at radius 1 is 1.29 bits per heavy atom. The lowest BCUT2D eigenvalue weighted by Gasteiger charge is -2.38. The quantitative estimate of drug-likeness (QED) is 0.705. The summed E-state index contributed by atoms with van der Waals surface area (Å²) in [6, 6.07) is 0.649. The Morgan fingerprint density at radius 3 is 2.47 bits per heavy atom. The molecule has 1 amide bonds. The number of carbonyl (C=O) groups is 1. The number of carbonyl (C=O) groups excluding carboxylic acids is 1. The zero-order valence-electron chi connectivity index (χ0n) is 11.4. The number of ether oxygens (including phenoxy) is 1. The van der Waals surface area contributed by atoms with Crippen molar-refractivity contribution in [2.75, 3.05) is 39.9 Å². The summed E-state index contributed by atoms with van der Waals surface area (Å²) in [5, 5.41) is 0. The number of methoxy groups -OCH3 is 1. The second-order valence-corrected chi connectivity index (χ2v) is 4.80. The molecule has 0 N–H and O–H groups in total. The Balaban J connectivity index is 2.27. The lowest BCUT2D eigenvalue weighted by Crippen LogP contribution is -2.51. The lowest BCUT2D eigenvalue weighted by molar-refractivity contribution is -0.134. The third kappa shape index (κ3) is 4.64. The zero-order chi connectivity index (χ0) is 12.7. The number of hydrogen-bond acceptors (Lipinski definition) is 3. The van der Waals surface area contributed by atoms with E-state index in [9.17, 15) is 4.79 Å². The first kappa shape index (κ1) is 14.5. The molecule has 1 atom stereocenters. The molecule has 4 nitrogen and oxygen atoms in total. The van der Waals surface area contributed by atoms with E-state index in [1.54, 1.807) is 7.11 Å². The fourth-order valence-electron chi connectivity index (χ4n) is 2.36. The topological polar surface area (TPSA) is 32.8 Å². The monoisotopic (exact) mass is 242 g/mol. The predicted molar refractivity (Wildman–Crippen MR) is 69.0 cm³/mol. The number of rotatable bonds is 6. The van der Waals surface area contributed by atoms with E-state index in [4.69, 9.17) is 4.74 Å². The van der Waals surface area contributed by atoms with Crippen LogP contribution in [0, 0.1) is 0 Å². The van der Waals surface area contributed by atoms with Gasteiger partial charge >= 0.3 is 0 Å². The maximum atomic E-state index is 11.8. The molecule has 0 aromatic rings. The highest BCUT2D eigenvalue weighted by atomic mass is 16.5. The maximum absolute atomic E-state index is 11.8. The molecule has 1 heterocycles. The molecule has 0 aromatic carbocycles. The first-order valence-electron chi connectivity index (χ1n) is 6.69. The molecule has 100 valence electrons. The van der Waals surface area contributed by atoms with E-state index < -0.39 is 0 Å². The van der Waals surface area contributed by atoms with Crippen molar-refractivity contribution in [1.82, 2.24) is 9.80 Å². The van der Waals surface area contributed by atoms with E-state index in [1.165, 1.54) is 12.8 Å². The van der Waals surface area contributed by atoms with Crippen molar-refractivity contribution >= 4 is 5.91 Å². The van der Waals surface area contributed by atoms with Crippen LogP contribution < -0.4 is 0 Å². The Hall–Kier alpha value is -0.610. The second kappa shape index (κ2) is 7.67. The minimum Gasteiger partial charge on any atom is -0.384 e. The van der Waals surface area contributed by atoms with Crippen molar-refractivity contribution in [2.45, 2.75) is 39.2 Å². The van der Waals surface area contributed by atoms with Crippen molar-refractivity contribution in [3.05, 3.63) is 0 Å². The molecular weight excluding hydrogens is 216 g/mol. The van der Waals surface area contributed by atoms with Gasteiger partial charge in [-0.3, -0.25) is 9.69 Å². The Morgan fingerprint density at radius 2 is 1.94 bits per heavy atom. The minimum absolute atomic E-state index is 0.231. The normalized spacial score (nSPS) is 19.4. The molecular formula is C13H26N2O2. The van der Waals surface area contributed by atoms with Gasteiger partial charge in [0.05, 0.1) is 13.0 Å². The van der Waals surface area contributed by atoms with E-state index >= 15 is 0 Å². The first-order valence-corrected chi connectivity index (χ1v) is 6.69. The van der Waals surface area contributed by atoms with Crippen LogP contribution in [-0.2, 0) is 9.53 Å². The molecule has 0 spiro atoms. The standard InChI is InChI=1S/C13H26N2O2/c1-4-5-12(2)14-7-9-15(10-8-14)13(16)6-11-17-3/h12H,4-11H2,1-3H3. The molecule has 0 saturated carbocycles. The van der Waals surface area contributed by atoms with E-state index in [0.29, 0.717) is 19.1 Å². The van der Waals surface area contributed by atoms with Crippen molar-refractivity contribution in [3.63, 3.8) is 0 Å². The van der Waals surface area contributed by atoms with Crippen LogP contribution in [0.25, 0.3) is 0 Å². The predicted octanol–water partition coefficient (Wildman–Crippen LogP) is 1.36. The molecule has 0 aliphatic carbocycles. The summed E-state index contributed by atoms with van der Waals surface area (Å²) < 4.78 is 4.94. The smallest absolute Gasteiger partial charge is 0.224 e. The van der Waals surface area contributed by atoms with Crippen molar-refractivity contribution in [1.29, 1.82) is 0 Å². The van der Waals surface area contributed by atoms with Crippen LogP contribution in [0.4, 0.5) is 0 Å². The van der Waals surface area contributed by atoms with Gasteiger partial charge in [-0.1, -0.05) is 13.3 Å². The number of amides is 1. The fraction of sp³-hybridized carbons (Fsp3) is 0.923. The molecule has 1 rings (SSSR count). The largest absolute Gasteiger partial charge is 0.384 e. The summed E-state index contributed by atoms with van der Waals surface area (Å²) in [5.41, 5.74) is 0. The Kier molecular flexibility index (Phi) is 6.52. The summed E-state index contributed by atoms with van der Waals surface area (Å²) in [4.78, 5) is 16.2. The maximum Gasteiger partial charge on any atom is 0.224 e. The van der Waals surface area contributed by atoms with Crippen molar-refractivity contribution in [3.8, 4) is 0 Å². The molecule has 17 heavy (non-hydrogen) atoms. The van der Waals surface area contributed by atoms with E-state index in [0.717, 1.165) is 26.2 Å². The molecule has 1 unspecified atom stereocenters. The van der Waals surface area contributed by atoms with Crippen LogP contribution in [0.1, 0.15) is 33.1 Å². The minimum atomic E-state index is 0.231. The lowest BCUT2D eigenvalue weighted by atomic mass is 10.1. The molecule has 0 bridgehead atoms. The van der Waals surface area contributed by atoms with Crippen molar-refractivity contribution < 1.29 is 9.53 Å². The highest BCUT2D eigenvalue weighted by Crippen LogP contribution is 2.11. The molecule has 1 aliphatic heterocycles. The SMILES string of the molecule is CCCC(C)N1CCN(C(=O)CCOC)CC1. The van der Waals surface area contributed by atoms with Crippen LogP contribution in [0.3, 0.4) is 0 Å². The van der Waals surface area contributed by atoms with Gasteiger partial charge in [-0.2, -0.15) is 0 Å². The van der Waals surface area contributed by atoms with Gasteiger partial charge in [-0.15, -0.1) is 0 Å². The van der Waals surface area contributed by atoms with Gasteiger partial charge in [0.1, 0.15) is 0 Å². The molecule has 0 aromatic heterocycles. The zero-order valence-corrected chi connectivity index (χ0v) is 11.4. The van der Waals surface area contributed by atoms with Crippen LogP contribution in [0.15, 0.2) is 0 Å². The van der Waals surface area contributed by atoms with Gasteiger partial charge in [0.2, 0.25) is 5.91 Å². The summed E-state index contributed by atoms with van der Waals surface area (Å²) in [6.45, 7) is 8.81. The molecule has 1 fully saturated rings. The first-order chi connectivity index (χ1) is 8.19. The van der Waals surface area contributed by atoms with Crippen LogP contribution >= 0.6 is 0 Å². The van der Waals surface area contributed by atoms with Gasteiger partial charge < -0.3 is 9.64 Å². The molecule has 0 radical (unpaired) electrons. The van der Waals surface area contributed by atoms with Crippen LogP contribution in [-0.4, -0.2) is 61.6 Å². The Labute approximate surface area is 105 Å². The van der Waals surface area contributed by atoms with E-state index in [-0.39, 0.29) is 5.91 Å². The van der Waals surface area contributed by atoms with E-state index in [2.05, 4.69) is 18.7 Å². The molecule has 1 aliphatic rings.